The summed E-state index contributed by atoms with van der Waals surface area (Å²) >= 11 is 6.93. The third-order valence-corrected chi connectivity index (χ3v) is 4.55. The highest BCUT2D eigenvalue weighted by molar-refractivity contribution is 7.71. The normalized spacial score (nSPS) is 16.6. The highest BCUT2D eigenvalue weighted by atomic mass is 32.1. The van der Waals surface area contributed by atoms with E-state index < -0.39 is 0 Å². The Kier molecular flexibility index (Phi) is 2.84. The van der Waals surface area contributed by atoms with Gasteiger partial charge in [0.05, 0.1) is 0 Å². The Morgan fingerprint density at radius 1 is 1.24 bits per heavy atom. The lowest BCUT2D eigenvalue weighted by Gasteiger charge is -2.25. The molecule has 0 unspecified atom stereocenters. The van der Waals surface area contributed by atoms with Gasteiger partial charge in [-0.15, -0.1) is 0 Å². The van der Waals surface area contributed by atoms with Gasteiger partial charge in [-0.25, -0.2) is 9.97 Å². The molecular weight excluding hydrogens is 252 g/mol. The van der Waals surface area contributed by atoms with E-state index in [4.69, 9.17) is 12.2 Å². The SMILES string of the molecule is Cc1nc(=S)c2sc(N3CCCCC3)nc2[nH]1. The van der Waals surface area contributed by atoms with Crippen molar-refractivity contribution in [2.24, 2.45) is 0 Å². The van der Waals surface area contributed by atoms with E-state index in [9.17, 15) is 0 Å². The number of aromatic amines is 1. The van der Waals surface area contributed by atoms with Crippen molar-refractivity contribution in [1.29, 1.82) is 0 Å². The molecule has 1 saturated heterocycles. The molecule has 0 radical (unpaired) electrons. The first-order valence-corrected chi connectivity index (χ1v) is 7.09. The highest BCUT2D eigenvalue weighted by Gasteiger charge is 2.16. The number of piperidine rings is 1. The Balaban J connectivity index is 2.06. The maximum atomic E-state index is 5.28. The van der Waals surface area contributed by atoms with Gasteiger partial charge < -0.3 is 9.88 Å². The Labute approximate surface area is 109 Å². The molecule has 90 valence electrons. The molecule has 1 aliphatic rings. The van der Waals surface area contributed by atoms with Gasteiger partial charge in [0.2, 0.25) is 0 Å². The zero-order chi connectivity index (χ0) is 11.8. The number of fused-ring (bicyclic) bond motifs is 1. The minimum absolute atomic E-state index is 0.664. The summed E-state index contributed by atoms with van der Waals surface area (Å²) < 4.78 is 1.67. The van der Waals surface area contributed by atoms with Crippen LogP contribution in [-0.4, -0.2) is 28.0 Å². The van der Waals surface area contributed by atoms with Crippen molar-refractivity contribution < 1.29 is 0 Å². The average Bonchev–Trinajstić information content (AvgIpc) is 2.74. The standard InChI is InChI=1S/C11H14N4S2/c1-7-12-9-8(10(16)13-7)17-11(14-9)15-5-3-2-4-6-15/h2-6H2,1H3,(H,12,13,16). The van der Waals surface area contributed by atoms with Crippen LogP contribution >= 0.6 is 23.6 Å². The molecule has 17 heavy (non-hydrogen) atoms. The molecule has 0 spiro atoms. The molecule has 1 N–H and O–H groups in total. The minimum Gasteiger partial charge on any atom is -0.348 e. The predicted octanol–water partition coefficient (Wildman–Crippen LogP) is 3.05. The lowest BCUT2D eigenvalue weighted by atomic mass is 10.1. The predicted molar refractivity (Wildman–Crippen MR) is 73.4 cm³/mol. The highest BCUT2D eigenvalue weighted by Crippen LogP contribution is 2.29. The topological polar surface area (TPSA) is 44.8 Å². The summed E-state index contributed by atoms with van der Waals surface area (Å²) in [6.07, 6.45) is 3.86. The van der Waals surface area contributed by atoms with Crippen LogP contribution in [0.15, 0.2) is 0 Å². The molecule has 1 aliphatic heterocycles. The molecule has 0 saturated carbocycles. The number of nitrogens with zero attached hydrogens (tertiary/aromatic N) is 3. The molecular formula is C11H14N4S2. The number of anilines is 1. The molecule has 0 atom stereocenters. The fourth-order valence-electron chi connectivity index (χ4n) is 2.16. The summed E-state index contributed by atoms with van der Waals surface area (Å²) in [6, 6.07) is 0. The minimum atomic E-state index is 0.664. The molecule has 0 aliphatic carbocycles. The molecule has 3 heterocycles. The van der Waals surface area contributed by atoms with Crippen molar-refractivity contribution >= 4 is 39.0 Å². The van der Waals surface area contributed by atoms with Gasteiger partial charge in [0.1, 0.15) is 15.2 Å². The Hall–Kier alpha value is -1.01. The van der Waals surface area contributed by atoms with Crippen LogP contribution in [0.1, 0.15) is 25.1 Å². The third kappa shape index (κ3) is 2.07. The number of thiazole rings is 1. The van der Waals surface area contributed by atoms with Crippen LogP contribution in [0.4, 0.5) is 5.13 Å². The van der Waals surface area contributed by atoms with Crippen LogP contribution in [0.5, 0.6) is 0 Å². The molecule has 2 aromatic rings. The molecule has 1 fully saturated rings. The second kappa shape index (κ2) is 4.34. The van der Waals surface area contributed by atoms with E-state index in [1.165, 1.54) is 19.3 Å². The van der Waals surface area contributed by atoms with Crippen LogP contribution in [0.2, 0.25) is 0 Å². The van der Waals surface area contributed by atoms with Gasteiger partial charge in [-0.3, -0.25) is 0 Å². The summed E-state index contributed by atoms with van der Waals surface area (Å²) in [5.41, 5.74) is 0.882. The zero-order valence-corrected chi connectivity index (χ0v) is 11.3. The Morgan fingerprint density at radius 2 is 2.00 bits per heavy atom. The lowest BCUT2D eigenvalue weighted by Crippen LogP contribution is -2.29. The van der Waals surface area contributed by atoms with E-state index in [2.05, 4.69) is 19.9 Å². The van der Waals surface area contributed by atoms with E-state index in [1.54, 1.807) is 11.3 Å². The quantitative estimate of drug-likeness (QED) is 0.806. The molecule has 3 rings (SSSR count). The summed E-state index contributed by atoms with van der Waals surface area (Å²) in [6.45, 7) is 4.13. The smallest absolute Gasteiger partial charge is 0.188 e. The van der Waals surface area contributed by atoms with Gasteiger partial charge in [-0.05, 0) is 26.2 Å². The molecule has 2 aromatic heterocycles. The summed E-state index contributed by atoms with van der Waals surface area (Å²) in [4.78, 5) is 14.4. The van der Waals surface area contributed by atoms with Crippen molar-refractivity contribution in [3.8, 4) is 0 Å². The molecule has 0 aromatic carbocycles. The summed E-state index contributed by atoms with van der Waals surface area (Å²) in [5, 5.41) is 1.08. The van der Waals surface area contributed by atoms with E-state index in [0.29, 0.717) is 4.64 Å². The maximum Gasteiger partial charge on any atom is 0.188 e. The number of aryl methyl sites for hydroxylation is 1. The van der Waals surface area contributed by atoms with Gasteiger partial charge in [-0.2, -0.15) is 0 Å². The van der Waals surface area contributed by atoms with Gasteiger partial charge in [0, 0.05) is 13.1 Å². The van der Waals surface area contributed by atoms with Gasteiger partial charge in [0.25, 0.3) is 0 Å². The molecule has 0 bridgehead atoms. The second-order valence-corrected chi connectivity index (χ2v) is 5.71. The van der Waals surface area contributed by atoms with Crippen LogP contribution in [0.3, 0.4) is 0 Å². The van der Waals surface area contributed by atoms with Crippen LogP contribution in [-0.2, 0) is 0 Å². The van der Waals surface area contributed by atoms with Gasteiger partial charge >= 0.3 is 0 Å². The van der Waals surface area contributed by atoms with Crippen molar-refractivity contribution in [2.75, 3.05) is 18.0 Å². The van der Waals surface area contributed by atoms with Crippen molar-refractivity contribution in [3.63, 3.8) is 0 Å². The van der Waals surface area contributed by atoms with E-state index in [1.807, 2.05) is 6.92 Å². The van der Waals surface area contributed by atoms with E-state index in [-0.39, 0.29) is 0 Å². The molecule has 4 nitrogen and oxygen atoms in total. The first-order valence-electron chi connectivity index (χ1n) is 5.86. The average molecular weight is 266 g/mol. The van der Waals surface area contributed by atoms with Crippen LogP contribution < -0.4 is 4.90 Å². The number of hydrogen-bond acceptors (Lipinski definition) is 5. The Bertz CT molecular complexity index is 595. The van der Waals surface area contributed by atoms with Gasteiger partial charge in [0.15, 0.2) is 10.8 Å². The van der Waals surface area contributed by atoms with E-state index in [0.717, 1.165) is 34.4 Å². The van der Waals surface area contributed by atoms with Crippen molar-refractivity contribution in [1.82, 2.24) is 15.0 Å². The third-order valence-electron chi connectivity index (χ3n) is 3.01. The zero-order valence-electron chi connectivity index (χ0n) is 9.69. The van der Waals surface area contributed by atoms with Crippen LogP contribution in [0.25, 0.3) is 10.3 Å². The first kappa shape index (κ1) is 11.1. The fraction of sp³-hybridized carbons (Fsp3) is 0.545. The second-order valence-electron chi connectivity index (χ2n) is 4.35. The lowest BCUT2D eigenvalue weighted by molar-refractivity contribution is 0.577. The Morgan fingerprint density at radius 3 is 2.76 bits per heavy atom. The first-order chi connectivity index (χ1) is 8.24. The number of hydrogen-bond donors (Lipinski definition) is 1. The van der Waals surface area contributed by atoms with Crippen molar-refractivity contribution in [3.05, 3.63) is 10.5 Å². The van der Waals surface area contributed by atoms with Crippen molar-refractivity contribution in [2.45, 2.75) is 26.2 Å². The monoisotopic (exact) mass is 266 g/mol. The fourth-order valence-corrected chi connectivity index (χ4v) is 3.48. The molecule has 0 amide bonds. The summed E-state index contributed by atoms with van der Waals surface area (Å²) in [7, 11) is 0. The van der Waals surface area contributed by atoms with Crippen LogP contribution in [0, 0.1) is 11.6 Å². The number of nitrogens with one attached hydrogen (secondary N) is 1. The molecule has 6 heteroatoms. The largest absolute Gasteiger partial charge is 0.348 e. The summed E-state index contributed by atoms with van der Waals surface area (Å²) in [5.74, 6) is 0.831. The van der Waals surface area contributed by atoms with E-state index >= 15 is 0 Å². The number of rotatable bonds is 1. The number of aromatic nitrogens is 3. The number of H-pyrrole nitrogens is 1. The van der Waals surface area contributed by atoms with Gasteiger partial charge in [-0.1, -0.05) is 23.6 Å². The maximum absolute atomic E-state index is 5.28.